The molecule has 4 rings (SSSR count). The number of methoxy groups -OCH3 is 1. The molecule has 0 fully saturated rings. The molecule has 1 unspecified atom stereocenters. The molecule has 0 saturated heterocycles. The fourth-order valence-electron chi connectivity index (χ4n) is 4.62. The van der Waals surface area contributed by atoms with Gasteiger partial charge in [-0.15, -0.1) is 0 Å². The number of aromatic nitrogens is 1. The monoisotopic (exact) mass is 582 g/mol. The van der Waals surface area contributed by atoms with Crippen LogP contribution < -0.4 is 10.5 Å². The fraction of sp³-hybridized carbons (Fsp3) is 0.323. The lowest BCUT2D eigenvalue weighted by atomic mass is 9.97. The molecule has 1 atom stereocenters. The highest BCUT2D eigenvalue weighted by atomic mass is 32.2. The van der Waals surface area contributed by atoms with Crippen molar-refractivity contribution in [2.75, 3.05) is 13.7 Å². The van der Waals surface area contributed by atoms with E-state index in [1.54, 1.807) is 81.4 Å². The van der Waals surface area contributed by atoms with Gasteiger partial charge in [-0.05, 0) is 56.2 Å². The molecular weight excluding hydrogens is 547 g/mol. The number of nitrogens with two attached hydrogens (primary N) is 1. The van der Waals surface area contributed by atoms with Gasteiger partial charge in [0, 0.05) is 41.9 Å². The summed E-state index contributed by atoms with van der Waals surface area (Å²) >= 11 is 0. The van der Waals surface area contributed by atoms with E-state index in [1.165, 1.54) is 17.3 Å². The molecular formula is C31H35FN2O6S. The Morgan fingerprint density at radius 1 is 1.00 bits per heavy atom. The Bertz CT molecular complexity index is 1650. The lowest BCUT2D eigenvalue weighted by Gasteiger charge is -2.16. The van der Waals surface area contributed by atoms with Crippen molar-refractivity contribution in [3.8, 4) is 16.9 Å². The van der Waals surface area contributed by atoms with Gasteiger partial charge in [0.25, 0.3) is 0 Å². The van der Waals surface area contributed by atoms with Gasteiger partial charge in [-0.3, -0.25) is 4.79 Å². The first-order valence-corrected chi connectivity index (χ1v) is 14.8. The van der Waals surface area contributed by atoms with Gasteiger partial charge < -0.3 is 19.9 Å². The SMILES string of the molecule is COCC(C)OC(=O)Cc1ccccc1OCc1cc(-c2cccc(CN)c2F)c2ccn(S(=O)(=O)C(C)C)c2c1. The van der Waals surface area contributed by atoms with Gasteiger partial charge in [-0.25, -0.2) is 16.8 Å². The summed E-state index contributed by atoms with van der Waals surface area (Å²) in [5.74, 6) is -0.395. The van der Waals surface area contributed by atoms with Crippen molar-refractivity contribution >= 4 is 26.9 Å². The van der Waals surface area contributed by atoms with Crippen LogP contribution >= 0.6 is 0 Å². The molecule has 4 aromatic rings. The average molecular weight is 583 g/mol. The van der Waals surface area contributed by atoms with Crippen molar-refractivity contribution in [1.82, 2.24) is 3.97 Å². The van der Waals surface area contributed by atoms with Crippen LogP contribution in [0.1, 0.15) is 37.5 Å². The van der Waals surface area contributed by atoms with E-state index in [1.807, 2.05) is 0 Å². The number of fused-ring (bicyclic) bond motifs is 1. The molecule has 0 aliphatic rings. The Morgan fingerprint density at radius 3 is 2.44 bits per heavy atom. The second-order valence-electron chi connectivity index (χ2n) is 10.1. The molecule has 3 aromatic carbocycles. The van der Waals surface area contributed by atoms with Crippen molar-refractivity contribution in [3.63, 3.8) is 0 Å². The van der Waals surface area contributed by atoms with Gasteiger partial charge in [0.15, 0.2) is 0 Å². The summed E-state index contributed by atoms with van der Waals surface area (Å²) in [6.07, 6.45) is 1.10. The van der Waals surface area contributed by atoms with Crippen molar-refractivity contribution < 1.29 is 31.8 Å². The third-order valence-electron chi connectivity index (χ3n) is 6.73. The minimum Gasteiger partial charge on any atom is -0.489 e. The van der Waals surface area contributed by atoms with E-state index < -0.39 is 27.1 Å². The van der Waals surface area contributed by atoms with E-state index in [-0.39, 0.29) is 32.3 Å². The first-order valence-electron chi connectivity index (χ1n) is 13.3. The van der Waals surface area contributed by atoms with Gasteiger partial charge >= 0.3 is 5.97 Å². The van der Waals surface area contributed by atoms with E-state index in [4.69, 9.17) is 19.9 Å². The Hall–Kier alpha value is -3.73. The van der Waals surface area contributed by atoms with E-state index in [0.717, 1.165) is 0 Å². The van der Waals surface area contributed by atoms with Gasteiger partial charge in [0.05, 0.1) is 23.8 Å². The van der Waals surface area contributed by atoms with E-state index in [0.29, 0.717) is 44.5 Å². The first-order chi connectivity index (χ1) is 19.6. The largest absolute Gasteiger partial charge is 0.489 e. The highest BCUT2D eigenvalue weighted by Crippen LogP contribution is 2.35. The zero-order valence-corrected chi connectivity index (χ0v) is 24.4. The number of esters is 1. The minimum absolute atomic E-state index is 0.00108. The normalized spacial score (nSPS) is 12.6. The molecule has 0 bridgehead atoms. The third kappa shape index (κ3) is 6.61. The Morgan fingerprint density at radius 2 is 1.73 bits per heavy atom. The second kappa shape index (κ2) is 12.8. The summed E-state index contributed by atoms with van der Waals surface area (Å²) in [6, 6.07) is 17.3. The van der Waals surface area contributed by atoms with E-state index in [9.17, 15) is 13.2 Å². The lowest BCUT2D eigenvalue weighted by Crippen LogP contribution is -2.21. The molecule has 8 nitrogen and oxygen atoms in total. The Labute approximate surface area is 239 Å². The standard InChI is InChI=1S/C31H35FN2O6S/c1-20(2)41(36,37)34-13-12-25-27(26-10-7-9-24(17-33)31(26)32)14-22(15-28(25)34)19-39-29-11-6-5-8-23(29)16-30(35)40-21(3)18-38-4/h5-15,20-21H,16-19,33H2,1-4H3. The molecule has 0 spiro atoms. The van der Waals surface area contributed by atoms with Crippen LogP contribution in [0.4, 0.5) is 4.39 Å². The van der Waals surface area contributed by atoms with Crippen LogP contribution in [0.5, 0.6) is 5.75 Å². The van der Waals surface area contributed by atoms with Crippen molar-refractivity contribution in [2.45, 2.75) is 51.7 Å². The maximum Gasteiger partial charge on any atom is 0.310 e. The number of para-hydroxylation sites is 1. The molecule has 1 heterocycles. The predicted molar refractivity (Wildman–Crippen MR) is 157 cm³/mol. The molecule has 0 aliphatic heterocycles. The van der Waals surface area contributed by atoms with Crippen molar-refractivity contribution in [1.29, 1.82) is 0 Å². The maximum absolute atomic E-state index is 15.5. The second-order valence-corrected chi connectivity index (χ2v) is 12.5. The predicted octanol–water partition coefficient (Wildman–Crippen LogP) is 5.19. The van der Waals surface area contributed by atoms with Gasteiger partial charge in [-0.2, -0.15) is 0 Å². The van der Waals surface area contributed by atoms with Gasteiger partial charge in [0.1, 0.15) is 24.3 Å². The molecule has 10 heteroatoms. The highest BCUT2D eigenvalue weighted by molar-refractivity contribution is 7.90. The summed E-state index contributed by atoms with van der Waals surface area (Å²) < 4.78 is 59.6. The smallest absolute Gasteiger partial charge is 0.310 e. The molecule has 0 saturated carbocycles. The van der Waals surface area contributed by atoms with Crippen LogP contribution in [0.25, 0.3) is 22.0 Å². The summed E-state index contributed by atoms with van der Waals surface area (Å²) in [6.45, 7) is 5.32. The number of carbonyl (C=O) groups excluding carboxylic acids is 1. The Kier molecular flexibility index (Phi) is 9.47. The molecule has 0 amide bonds. The minimum atomic E-state index is -3.70. The number of nitrogens with zero attached hydrogens (tertiary/aromatic N) is 1. The molecule has 0 radical (unpaired) electrons. The number of hydrogen-bond acceptors (Lipinski definition) is 7. The van der Waals surface area contributed by atoms with E-state index >= 15 is 4.39 Å². The van der Waals surface area contributed by atoms with E-state index in [2.05, 4.69) is 0 Å². The topological polar surface area (TPSA) is 110 Å². The summed E-state index contributed by atoms with van der Waals surface area (Å²) in [4.78, 5) is 12.5. The lowest BCUT2D eigenvalue weighted by molar-refractivity contribution is -0.149. The quantitative estimate of drug-likeness (QED) is 0.229. The average Bonchev–Trinajstić information content (AvgIpc) is 3.37. The third-order valence-corrected chi connectivity index (χ3v) is 8.78. The molecule has 2 N–H and O–H groups in total. The molecule has 218 valence electrons. The zero-order valence-electron chi connectivity index (χ0n) is 23.6. The van der Waals surface area contributed by atoms with Crippen LogP contribution in [-0.4, -0.2) is 43.4 Å². The zero-order chi connectivity index (χ0) is 29.7. The van der Waals surface area contributed by atoms with Crippen LogP contribution in [0.3, 0.4) is 0 Å². The molecule has 0 aliphatic carbocycles. The number of halogens is 1. The van der Waals surface area contributed by atoms with Crippen LogP contribution in [0.2, 0.25) is 0 Å². The Balaban J connectivity index is 1.73. The summed E-state index contributed by atoms with van der Waals surface area (Å²) in [5.41, 5.74) is 8.61. The van der Waals surface area contributed by atoms with Gasteiger partial charge in [-0.1, -0.05) is 36.4 Å². The number of carbonyl (C=O) groups is 1. The van der Waals surface area contributed by atoms with Crippen LogP contribution in [0.15, 0.2) is 66.9 Å². The number of ether oxygens (including phenoxy) is 3. The maximum atomic E-state index is 15.5. The summed E-state index contributed by atoms with van der Waals surface area (Å²) in [5, 5.41) is -0.0867. The fourth-order valence-corrected chi connectivity index (χ4v) is 5.73. The van der Waals surface area contributed by atoms with Crippen LogP contribution in [-0.2, 0) is 43.9 Å². The van der Waals surface area contributed by atoms with Crippen LogP contribution in [0, 0.1) is 5.82 Å². The molecule has 41 heavy (non-hydrogen) atoms. The van der Waals surface area contributed by atoms with Crippen molar-refractivity contribution in [2.24, 2.45) is 5.73 Å². The number of benzene rings is 3. The summed E-state index contributed by atoms with van der Waals surface area (Å²) in [7, 11) is -2.16. The number of rotatable bonds is 12. The van der Waals surface area contributed by atoms with Gasteiger partial charge in [0.2, 0.25) is 10.0 Å². The number of hydrogen-bond donors (Lipinski definition) is 1. The first kappa shape index (κ1) is 30.2. The molecule has 1 aromatic heterocycles. The highest BCUT2D eigenvalue weighted by Gasteiger charge is 2.23. The van der Waals surface area contributed by atoms with Crippen molar-refractivity contribution in [3.05, 3.63) is 89.4 Å².